The van der Waals surface area contributed by atoms with E-state index in [1.54, 1.807) is 0 Å². The molecule has 0 bridgehead atoms. The van der Waals surface area contributed by atoms with Crippen LogP contribution in [0.1, 0.15) is 29.8 Å². The van der Waals surface area contributed by atoms with Crippen LogP contribution < -0.4 is 5.32 Å². The molecule has 0 atom stereocenters. The van der Waals surface area contributed by atoms with Crippen LogP contribution in [-0.4, -0.2) is 49.2 Å². The quantitative estimate of drug-likeness (QED) is 0.903. The zero-order valence-electron chi connectivity index (χ0n) is 12.9. The lowest BCUT2D eigenvalue weighted by atomic mass is 10.0. The van der Waals surface area contributed by atoms with Crippen LogP contribution in [0.3, 0.4) is 0 Å². The second-order valence-electron chi connectivity index (χ2n) is 6.03. The summed E-state index contributed by atoms with van der Waals surface area (Å²) in [7, 11) is 0. The molecule has 21 heavy (non-hydrogen) atoms. The van der Waals surface area contributed by atoms with Crippen molar-refractivity contribution in [3.8, 4) is 0 Å². The lowest BCUT2D eigenvalue weighted by molar-refractivity contribution is -0.00923. The smallest absolute Gasteiger partial charge is 0.252 e. The predicted octanol–water partition coefficient (Wildman–Crippen LogP) is 2.60. The molecular formula is C16H23BrN2O2. The Bertz CT molecular complexity index is 511. The van der Waals surface area contributed by atoms with Crippen molar-refractivity contribution in [2.45, 2.75) is 26.3 Å². The molecule has 1 aromatic carbocycles. The Balaban J connectivity index is 1.98. The summed E-state index contributed by atoms with van der Waals surface area (Å²) < 4.78 is 6.25. The van der Waals surface area contributed by atoms with Crippen LogP contribution in [0.25, 0.3) is 0 Å². The molecule has 116 valence electrons. The third kappa shape index (κ3) is 4.05. The van der Waals surface area contributed by atoms with E-state index in [0.29, 0.717) is 12.1 Å². The Labute approximate surface area is 135 Å². The topological polar surface area (TPSA) is 41.6 Å². The highest BCUT2D eigenvalue weighted by atomic mass is 79.9. The molecule has 4 nitrogen and oxygen atoms in total. The van der Waals surface area contributed by atoms with Gasteiger partial charge < -0.3 is 10.1 Å². The van der Waals surface area contributed by atoms with Gasteiger partial charge in [0, 0.05) is 29.6 Å². The molecule has 0 radical (unpaired) electrons. The Morgan fingerprint density at radius 1 is 1.38 bits per heavy atom. The second-order valence-corrected chi connectivity index (χ2v) is 6.82. The van der Waals surface area contributed by atoms with Crippen molar-refractivity contribution in [1.82, 2.24) is 10.2 Å². The summed E-state index contributed by atoms with van der Waals surface area (Å²) in [6.45, 7) is 10.3. The van der Waals surface area contributed by atoms with Crippen molar-refractivity contribution < 1.29 is 9.53 Å². The van der Waals surface area contributed by atoms with E-state index in [1.807, 2.05) is 25.1 Å². The number of aryl methyl sites for hydroxylation is 1. The van der Waals surface area contributed by atoms with Crippen LogP contribution in [0, 0.1) is 6.92 Å². The van der Waals surface area contributed by atoms with Crippen molar-refractivity contribution in [2.75, 3.05) is 32.8 Å². The predicted molar refractivity (Wildman–Crippen MR) is 87.7 cm³/mol. The van der Waals surface area contributed by atoms with E-state index in [4.69, 9.17) is 4.74 Å². The molecule has 1 amide bonds. The molecule has 5 heteroatoms. The number of benzene rings is 1. The van der Waals surface area contributed by atoms with Gasteiger partial charge in [-0.25, -0.2) is 0 Å². The second kappa shape index (κ2) is 6.90. The largest absolute Gasteiger partial charge is 0.379 e. The van der Waals surface area contributed by atoms with Gasteiger partial charge in [0.25, 0.3) is 5.91 Å². The van der Waals surface area contributed by atoms with Crippen LogP contribution in [-0.2, 0) is 4.74 Å². The van der Waals surface area contributed by atoms with E-state index >= 15 is 0 Å². The third-order valence-corrected chi connectivity index (χ3v) is 5.04. The monoisotopic (exact) mass is 354 g/mol. The van der Waals surface area contributed by atoms with Gasteiger partial charge in [-0.15, -0.1) is 0 Å². The molecule has 1 aromatic rings. The fourth-order valence-corrected chi connectivity index (χ4v) is 2.94. The fraction of sp³-hybridized carbons (Fsp3) is 0.562. The molecule has 1 heterocycles. The number of morpholine rings is 1. The maximum atomic E-state index is 12.4. The van der Waals surface area contributed by atoms with Gasteiger partial charge >= 0.3 is 0 Å². The highest BCUT2D eigenvalue weighted by Crippen LogP contribution is 2.21. The highest BCUT2D eigenvalue weighted by Gasteiger charge is 2.28. The Kier molecular flexibility index (Phi) is 5.41. The lowest BCUT2D eigenvalue weighted by Gasteiger charge is -2.40. The third-order valence-electron chi connectivity index (χ3n) is 3.99. The van der Waals surface area contributed by atoms with Crippen molar-refractivity contribution in [2.24, 2.45) is 0 Å². The molecule has 1 fully saturated rings. The van der Waals surface area contributed by atoms with Crippen molar-refractivity contribution in [3.05, 3.63) is 33.8 Å². The first-order valence-corrected chi connectivity index (χ1v) is 8.07. The van der Waals surface area contributed by atoms with Gasteiger partial charge in [0.05, 0.1) is 18.8 Å². The number of nitrogens with zero attached hydrogens (tertiary/aromatic N) is 1. The normalized spacial score (nSPS) is 16.8. The van der Waals surface area contributed by atoms with Crippen LogP contribution >= 0.6 is 15.9 Å². The summed E-state index contributed by atoms with van der Waals surface area (Å²) in [4.78, 5) is 14.7. The number of amides is 1. The minimum absolute atomic E-state index is 0.0353. The van der Waals surface area contributed by atoms with E-state index in [-0.39, 0.29) is 11.4 Å². The number of hydrogen-bond acceptors (Lipinski definition) is 3. The summed E-state index contributed by atoms with van der Waals surface area (Å²) in [5.41, 5.74) is 1.68. The zero-order valence-corrected chi connectivity index (χ0v) is 14.5. The molecule has 1 aliphatic rings. The number of ether oxygens (including phenoxy) is 1. The average Bonchev–Trinajstić information content (AvgIpc) is 2.49. The Hall–Kier alpha value is -0.910. The van der Waals surface area contributed by atoms with E-state index in [1.165, 1.54) is 0 Å². The SMILES string of the molecule is Cc1cccc(C(=O)NCC(C)(C)N2CCOCC2)c1Br. The van der Waals surface area contributed by atoms with E-state index < -0.39 is 0 Å². The van der Waals surface area contributed by atoms with Gasteiger partial charge in [-0.3, -0.25) is 9.69 Å². The molecule has 1 aliphatic heterocycles. The fourth-order valence-electron chi connectivity index (χ4n) is 2.50. The molecule has 2 rings (SSSR count). The van der Waals surface area contributed by atoms with Gasteiger partial charge in [0.1, 0.15) is 0 Å². The molecule has 0 aliphatic carbocycles. The van der Waals surface area contributed by atoms with Crippen LogP contribution in [0.5, 0.6) is 0 Å². The van der Waals surface area contributed by atoms with Gasteiger partial charge in [-0.05, 0) is 48.3 Å². The maximum absolute atomic E-state index is 12.4. The summed E-state index contributed by atoms with van der Waals surface area (Å²) in [5, 5.41) is 3.05. The van der Waals surface area contributed by atoms with Gasteiger partial charge in [-0.1, -0.05) is 12.1 Å². The first-order chi connectivity index (χ1) is 9.92. The van der Waals surface area contributed by atoms with Crippen molar-refractivity contribution in [1.29, 1.82) is 0 Å². The molecule has 1 saturated heterocycles. The molecule has 0 spiro atoms. The van der Waals surface area contributed by atoms with Crippen LogP contribution in [0.4, 0.5) is 0 Å². The van der Waals surface area contributed by atoms with E-state index in [0.717, 1.165) is 36.3 Å². The number of carbonyl (C=O) groups excluding carboxylic acids is 1. The van der Waals surface area contributed by atoms with Gasteiger partial charge in [0.2, 0.25) is 0 Å². The number of hydrogen-bond donors (Lipinski definition) is 1. The van der Waals surface area contributed by atoms with E-state index in [2.05, 4.69) is 40.0 Å². The first-order valence-electron chi connectivity index (χ1n) is 7.28. The van der Waals surface area contributed by atoms with Gasteiger partial charge in [-0.2, -0.15) is 0 Å². The molecule has 1 N–H and O–H groups in total. The molecule has 0 unspecified atom stereocenters. The summed E-state index contributed by atoms with van der Waals surface area (Å²) in [6, 6.07) is 5.73. The summed E-state index contributed by atoms with van der Waals surface area (Å²) in [5.74, 6) is -0.0353. The highest BCUT2D eigenvalue weighted by molar-refractivity contribution is 9.10. The van der Waals surface area contributed by atoms with Crippen molar-refractivity contribution >= 4 is 21.8 Å². The lowest BCUT2D eigenvalue weighted by Crippen LogP contribution is -2.55. The number of halogens is 1. The van der Waals surface area contributed by atoms with Crippen LogP contribution in [0.15, 0.2) is 22.7 Å². The van der Waals surface area contributed by atoms with Crippen molar-refractivity contribution in [3.63, 3.8) is 0 Å². The number of rotatable bonds is 4. The molecule has 0 saturated carbocycles. The number of nitrogens with one attached hydrogen (secondary N) is 1. The summed E-state index contributed by atoms with van der Waals surface area (Å²) in [6.07, 6.45) is 0. The first kappa shape index (κ1) is 16.5. The zero-order chi connectivity index (χ0) is 15.5. The Morgan fingerprint density at radius 3 is 2.71 bits per heavy atom. The number of carbonyl (C=O) groups is 1. The molecular weight excluding hydrogens is 332 g/mol. The van der Waals surface area contributed by atoms with Gasteiger partial charge in [0.15, 0.2) is 0 Å². The molecule has 0 aromatic heterocycles. The average molecular weight is 355 g/mol. The minimum atomic E-state index is -0.0737. The van der Waals surface area contributed by atoms with E-state index in [9.17, 15) is 4.79 Å². The Morgan fingerprint density at radius 2 is 2.05 bits per heavy atom. The maximum Gasteiger partial charge on any atom is 0.252 e. The standard InChI is InChI=1S/C16H23BrN2O2/c1-12-5-4-6-13(14(12)17)15(20)18-11-16(2,3)19-7-9-21-10-8-19/h4-6H,7-11H2,1-3H3,(H,18,20). The summed E-state index contributed by atoms with van der Waals surface area (Å²) >= 11 is 3.49. The minimum Gasteiger partial charge on any atom is -0.379 e. The van der Waals surface area contributed by atoms with Crippen LogP contribution in [0.2, 0.25) is 0 Å².